The third-order valence-electron chi connectivity index (χ3n) is 3.71. The van der Waals surface area contributed by atoms with E-state index in [1.807, 2.05) is 43.5 Å². The maximum absolute atomic E-state index is 12.3. The van der Waals surface area contributed by atoms with E-state index in [-0.39, 0.29) is 17.9 Å². The number of thiazole rings is 1. The fourth-order valence-electron chi connectivity index (χ4n) is 2.53. The van der Waals surface area contributed by atoms with Crippen molar-refractivity contribution >= 4 is 22.9 Å². The van der Waals surface area contributed by atoms with Crippen LogP contribution in [0.2, 0.25) is 0 Å². The predicted molar refractivity (Wildman–Crippen MR) is 84.4 cm³/mol. The number of hydrogen-bond acceptors (Lipinski definition) is 4. The fourth-order valence-corrected chi connectivity index (χ4v) is 3.32. The molecule has 1 aliphatic heterocycles. The van der Waals surface area contributed by atoms with Crippen LogP contribution in [0.15, 0.2) is 29.6 Å². The van der Waals surface area contributed by atoms with Crippen molar-refractivity contribution in [3.05, 3.63) is 35.3 Å². The number of benzene rings is 1. The number of carbonyl (C=O) groups excluding carboxylic acids is 1. The van der Waals surface area contributed by atoms with Gasteiger partial charge < -0.3 is 10.1 Å². The maximum atomic E-state index is 12.3. The number of nitrogens with zero attached hydrogens (tertiary/aromatic N) is 1. The molecule has 1 amide bonds. The molecule has 21 heavy (non-hydrogen) atoms. The predicted octanol–water partition coefficient (Wildman–Crippen LogP) is 3.48. The molecule has 0 spiro atoms. The zero-order valence-corrected chi connectivity index (χ0v) is 12.9. The van der Waals surface area contributed by atoms with Crippen LogP contribution in [0.4, 0.5) is 5.69 Å². The first-order chi connectivity index (χ1) is 10.1. The van der Waals surface area contributed by atoms with Crippen molar-refractivity contribution in [1.29, 1.82) is 0 Å². The van der Waals surface area contributed by atoms with Crippen molar-refractivity contribution in [3.63, 3.8) is 0 Å². The number of rotatable bonds is 3. The Labute approximate surface area is 128 Å². The van der Waals surface area contributed by atoms with Gasteiger partial charge in [0.15, 0.2) is 0 Å². The highest BCUT2D eigenvalue weighted by Crippen LogP contribution is 2.27. The largest absolute Gasteiger partial charge is 0.378 e. The number of anilines is 1. The summed E-state index contributed by atoms with van der Waals surface area (Å²) in [6.07, 6.45) is 0.785. The molecule has 1 aromatic carbocycles. The minimum Gasteiger partial charge on any atom is -0.378 e. The van der Waals surface area contributed by atoms with E-state index in [0.717, 1.165) is 28.4 Å². The molecule has 1 aliphatic rings. The quantitative estimate of drug-likeness (QED) is 0.944. The normalized spacial score (nSPS) is 21.4. The van der Waals surface area contributed by atoms with E-state index in [4.69, 9.17) is 4.74 Å². The molecule has 2 heterocycles. The first kappa shape index (κ1) is 14.2. The Hall–Kier alpha value is -1.72. The average molecular weight is 302 g/mol. The molecular weight excluding hydrogens is 284 g/mol. The van der Waals surface area contributed by atoms with Crippen molar-refractivity contribution in [2.45, 2.75) is 26.4 Å². The first-order valence-electron chi connectivity index (χ1n) is 7.08. The lowest BCUT2D eigenvalue weighted by molar-refractivity contribution is -0.121. The van der Waals surface area contributed by atoms with Crippen LogP contribution in [0.5, 0.6) is 0 Å². The molecule has 0 radical (unpaired) electrons. The van der Waals surface area contributed by atoms with Crippen LogP contribution in [0.3, 0.4) is 0 Å². The summed E-state index contributed by atoms with van der Waals surface area (Å²) in [6, 6.07) is 7.82. The van der Waals surface area contributed by atoms with Gasteiger partial charge in [-0.3, -0.25) is 4.79 Å². The summed E-state index contributed by atoms with van der Waals surface area (Å²) in [7, 11) is 0. The van der Waals surface area contributed by atoms with Crippen LogP contribution < -0.4 is 5.32 Å². The Bertz CT molecular complexity index is 653. The molecule has 0 saturated carbocycles. The second kappa shape index (κ2) is 5.95. The Morgan fingerprint density at radius 3 is 3.00 bits per heavy atom. The molecule has 1 aromatic heterocycles. The summed E-state index contributed by atoms with van der Waals surface area (Å²) in [5.41, 5.74) is 2.85. The highest BCUT2D eigenvalue weighted by atomic mass is 32.1. The number of aromatic nitrogens is 1. The molecule has 4 nitrogen and oxygen atoms in total. The monoisotopic (exact) mass is 302 g/mol. The van der Waals surface area contributed by atoms with E-state index < -0.39 is 0 Å². The number of ether oxygens (including phenoxy) is 1. The lowest BCUT2D eigenvalue weighted by Gasteiger charge is -2.14. The molecule has 0 unspecified atom stereocenters. The highest BCUT2D eigenvalue weighted by molar-refractivity contribution is 7.13. The van der Waals surface area contributed by atoms with Gasteiger partial charge >= 0.3 is 0 Å². The average Bonchev–Trinajstić information content (AvgIpc) is 3.08. The van der Waals surface area contributed by atoms with Gasteiger partial charge in [-0.1, -0.05) is 12.1 Å². The summed E-state index contributed by atoms with van der Waals surface area (Å²) < 4.78 is 5.45. The van der Waals surface area contributed by atoms with Crippen molar-refractivity contribution in [1.82, 2.24) is 4.98 Å². The van der Waals surface area contributed by atoms with E-state index in [0.29, 0.717) is 6.61 Å². The Morgan fingerprint density at radius 1 is 1.48 bits per heavy atom. The SMILES string of the molecule is Cc1csc(-c2cccc(NC(=O)[C@@H]3CCO[C@H]3C)c2)n1. The number of carbonyl (C=O) groups is 1. The summed E-state index contributed by atoms with van der Waals surface area (Å²) in [6.45, 7) is 4.59. The molecule has 1 fully saturated rings. The Morgan fingerprint density at radius 2 is 2.33 bits per heavy atom. The zero-order valence-electron chi connectivity index (χ0n) is 12.1. The number of hydrogen-bond donors (Lipinski definition) is 1. The van der Waals surface area contributed by atoms with Crippen LogP contribution >= 0.6 is 11.3 Å². The Balaban J connectivity index is 1.76. The molecule has 1 N–H and O–H groups in total. The lowest BCUT2D eigenvalue weighted by Crippen LogP contribution is -2.27. The Kier molecular flexibility index (Phi) is 4.03. The number of nitrogens with one attached hydrogen (secondary N) is 1. The smallest absolute Gasteiger partial charge is 0.230 e. The van der Waals surface area contributed by atoms with Crippen LogP contribution in [0.1, 0.15) is 19.0 Å². The number of amides is 1. The minimum absolute atomic E-state index is 0.00482. The molecular formula is C16H18N2O2S. The first-order valence-corrected chi connectivity index (χ1v) is 7.96. The van der Waals surface area contributed by atoms with Gasteiger partial charge in [0, 0.05) is 28.9 Å². The minimum atomic E-state index is -0.0595. The van der Waals surface area contributed by atoms with Gasteiger partial charge in [0.2, 0.25) is 5.91 Å². The van der Waals surface area contributed by atoms with Crippen LogP contribution in [-0.2, 0) is 9.53 Å². The van der Waals surface area contributed by atoms with Crippen molar-refractivity contribution in [2.24, 2.45) is 5.92 Å². The lowest BCUT2D eigenvalue weighted by atomic mass is 10.0. The molecule has 2 aromatic rings. The zero-order chi connectivity index (χ0) is 14.8. The molecule has 5 heteroatoms. The second-order valence-corrected chi connectivity index (χ2v) is 6.19. The van der Waals surface area contributed by atoms with Gasteiger partial charge in [0.25, 0.3) is 0 Å². The molecule has 2 atom stereocenters. The van der Waals surface area contributed by atoms with E-state index in [1.54, 1.807) is 11.3 Å². The summed E-state index contributed by atoms with van der Waals surface area (Å²) in [5, 5.41) is 5.99. The van der Waals surface area contributed by atoms with Crippen LogP contribution in [0.25, 0.3) is 10.6 Å². The standard InChI is InChI=1S/C16H18N2O2S/c1-10-9-21-16(17-10)12-4-3-5-13(8-12)18-15(19)14-6-7-20-11(14)2/h3-5,8-9,11,14H,6-7H2,1-2H3,(H,18,19)/t11-,14+/m0/s1. The molecule has 110 valence electrons. The van der Waals surface area contributed by atoms with Crippen molar-refractivity contribution in [3.8, 4) is 10.6 Å². The molecule has 1 saturated heterocycles. The van der Waals surface area contributed by atoms with Gasteiger partial charge in [0.1, 0.15) is 5.01 Å². The summed E-state index contributed by atoms with van der Waals surface area (Å²) in [5.74, 6) is -0.0248. The molecule has 0 aliphatic carbocycles. The van der Waals surface area contributed by atoms with E-state index in [9.17, 15) is 4.79 Å². The van der Waals surface area contributed by atoms with Crippen LogP contribution in [0, 0.1) is 12.8 Å². The number of aryl methyl sites for hydroxylation is 1. The topological polar surface area (TPSA) is 51.2 Å². The molecule has 0 bridgehead atoms. The van der Waals surface area contributed by atoms with Gasteiger partial charge in [0.05, 0.1) is 12.0 Å². The maximum Gasteiger partial charge on any atom is 0.230 e. The second-order valence-electron chi connectivity index (χ2n) is 5.34. The van der Waals surface area contributed by atoms with Gasteiger partial charge in [-0.2, -0.15) is 0 Å². The van der Waals surface area contributed by atoms with E-state index >= 15 is 0 Å². The third kappa shape index (κ3) is 3.14. The fraction of sp³-hybridized carbons (Fsp3) is 0.375. The van der Waals surface area contributed by atoms with E-state index in [1.165, 1.54) is 0 Å². The van der Waals surface area contributed by atoms with Crippen molar-refractivity contribution in [2.75, 3.05) is 11.9 Å². The summed E-state index contributed by atoms with van der Waals surface area (Å²) >= 11 is 1.61. The van der Waals surface area contributed by atoms with Gasteiger partial charge in [-0.25, -0.2) is 4.98 Å². The van der Waals surface area contributed by atoms with Crippen LogP contribution in [-0.4, -0.2) is 23.6 Å². The van der Waals surface area contributed by atoms with Gasteiger partial charge in [-0.05, 0) is 32.4 Å². The third-order valence-corrected chi connectivity index (χ3v) is 4.72. The van der Waals surface area contributed by atoms with Crippen molar-refractivity contribution < 1.29 is 9.53 Å². The van der Waals surface area contributed by atoms with E-state index in [2.05, 4.69) is 10.3 Å². The highest BCUT2D eigenvalue weighted by Gasteiger charge is 2.30. The molecule has 3 rings (SSSR count). The summed E-state index contributed by atoms with van der Waals surface area (Å²) in [4.78, 5) is 16.7. The van der Waals surface area contributed by atoms with Gasteiger partial charge in [-0.15, -0.1) is 11.3 Å².